The number of rotatable bonds is 4. The maximum absolute atomic E-state index is 13.0. The second-order valence-corrected chi connectivity index (χ2v) is 8.18. The summed E-state index contributed by atoms with van der Waals surface area (Å²) in [4.78, 5) is 44.7. The first-order valence-electron chi connectivity index (χ1n) is 10.3. The van der Waals surface area contributed by atoms with Crippen molar-refractivity contribution in [1.82, 2.24) is 14.8 Å². The lowest BCUT2D eigenvalue weighted by molar-refractivity contribution is -0.136. The predicted molar refractivity (Wildman–Crippen MR) is 105 cm³/mol. The highest BCUT2D eigenvalue weighted by Gasteiger charge is 2.32. The zero-order valence-corrected chi connectivity index (χ0v) is 17.3. The Balaban J connectivity index is 1.65. The van der Waals surface area contributed by atoms with E-state index < -0.39 is 5.97 Å². The van der Waals surface area contributed by atoms with Crippen molar-refractivity contribution < 1.29 is 19.1 Å². The lowest BCUT2D eigenvalue weighted by Gasteiger charge is -2.36. The first-order valence-corrected chi connectivity index (χ1v) is 10.3. The molecule has 0 atom stereocenters. The fourth-order valence-electron chi connectivity index (χ4n) is 4.26. The van der Waals surface area contributed by atoms with E-state index >= 15 is 0 Å². The van der Waals surface area contributed by atoms with Crippen molar-refractivity contribution in [2.75, 3.05) is 26.2 Å². The van der Waals surface area contributed by atoms with Crippen molar-refractivity contribution in [3.05, 3.63) is 22.5 Å². The van der Waals surface area contributed by atoms with Gasteiger partial charge >= 0.3 is 5.97 Å². The van der Waals surface area contributed by atoms with Crippen molar-refractivity contribution >= 4 is 17.8 Å². The van der Waals surface area contributed by atoms with Gasteiger partial charge in [-0.3, -0.25) is 9.59 Å². The average Bonchev–Trinajstić information content (AvgIpc) is 3.28. The Morgan fingerprint density at radius 1 is 1.00 bits per heavy atom. The highest BCUT2D eigenvalue weighted by molar-refractivity contribution is 6.00. The van der Waals surface area contributed by atoms with Crippen LogP contribution in [0.25, 0.3) is 0 Å². The lowest BCUT2D eigenvalue weighted by atomic mass is 10.1. The number of nitrogens with one attached hydrogen (secondary N) is 1. The number of hydrogen-bond donors (Lipinski definition) is 1. The molecule has 2 aliphatic rings. The lowest BCUT2D eigenvalue weighted by Crippen LogP contribution is -2.51. The van der Waals surface area contributed by atoms with Gasteiger partial charge in [-0.2, -0.15) is 0 Å². The van der Waals surface area contributed by atoms with E-state index in [1.165, 1.54) is 0 Å². The maximum Gasteiger partial charge on any atom is 0.340 e. The van der Waals surface area contributed by atoms with Crippen LogP contribution in [0.3, 0.4) is 0 Å². The molecule has 154 valence electrons. The number of esters is 1. The second kappa shape index (κ2) is 8.37. The van der Waals surface area contributed by atoms with Gasteiger partial charge in [0.05, 0.1) is 11.7 Å². The number of carbonyl (C=O) groups excluding carboxylic acids is 3. The number of aromatic amines is 1. The molecule has 2 heterocycles. The standard InChI is InChI=1S/C21H31N3O4/c1-13(2)28-21(27)17-14(3)18(22-15(17)4)20(26)24-11-9-23(10-12-24)19(25)16-7-5-6-8-16/h13,16,22H,5-12H2,1-4H3. The molecular weight excluding hydrogens is 358 g/mol. The number of nitrogens with zero attached hydrogens (tertiary/aromatic N) is 2. The molecule has 3 rings (SSSR count). The number of aromatic nitrogens is 1. The fraction of sp³-hybridized carbons (Fsp3) is 0.667. The van der Waals surface area contributed by atoms with Gasteiger partial charge in [0.15, 0.2) is 0 Å². The van der Waals surface area contributed by atoms with Crippen molar-refractivity contribution in [2.24, 2.45) is 5.92 Å². The molecule has 1 aromatic heterocycles. The summed E-state index contributed by atoms with van der Waals surface area (Å²) in [6.45, 7) is 9.32. The zero-order valence-electron chi connectivity index (χ0n) is 17.3. The molecule has 0 radical (unpaired) electrons. The van der Waals surface area contributed by atoms with E-state index in [0.717, 1.165) is 25.7 Å². The molecule has 7 heteroatoms. The predicted octanol–water partition coefficient (Wildman–Crippen LogP) is 2.67. The Labute approximate surface area is 166 Å². The molecule has 2 fully saturated rings. The Hall–Kier alpha value is -2.31. The van der Waals surface area contributed by atoms with E-state index in [1.807, 2.05) is 4.90 Å². The summed E-state index contributed by atoms with van der Waals surface area (Å²) in [5.74, 6) is -0.121. The highest BCUT2D eigenvalue weighted by Crippen LogP contribution is 2.27. The Bertz CT molecular complexity index is 754. The van der Waals surface area contributed by atoms with E-state index in [1.54, 1.807) is 32.6 Å². The molecule has 1 N–H and O–H groups in total. The van der Waals surface area contributed by atoms with Gasteiger partial charge < -0.3 is 19.5 Å². The van der Waals surface area contributed by atoms with Crippen LogP contribution in [0.15, 0.2) is 0 Å². The van der Waals surface area contributed by atoms with E-state index in [-0.39, 0.29) is 23.8 Å². The van der Waals surface area contributed by atoms with Crippen LogP contribution in [0.1, 0.15) is 71.6 Å². The van der Waals surface area contributed by atoms with Gasteiger partial charge in [0.2, 0.25) is 5.91 Å². The molecule has 1 aromatic rings. The summed E-state index contributed by atoms with van der Waals surface area (Å²) >= 11 is 0. The van der Waals surface area contributed by atoms with Crippen LogP contribution in [0, 0.1) is 19.8 Å². The van der Waals surface area contributed by atoms with Gasteiger partial charge in [0, 0.05) is 37.8 Å². The Kier molecular flexibility index (Phi) is 6.10. The van der Waals surface area contributed by atoms with Crippen molar-refractivity contribution in [2.45, 2.75) is 59.5 Å². The van der Waals surface area contributed by atoms with Crippen molar-refractivity contribution in [3.8, 4) is 0 Å². The van der Waals surface area contributed by atoms with Crippen LogP contribution in [-0.2, 0) is 9.53 Å². The van der Waals surface area contributed by atoms with Gasteiger partial charge in [-0.05, 0) is 46.1 Å². The van der Waals surface area contributed by atoms with E-state index in [2.05, 4.69) is 4.98 Å². The summed E-state index contributed by atoms with van der Waals surface area (Å²) in [5, 5.41) is 0. The third-order valence-corrected chi connectivity index (χ3v) is 5.78. The summed E-state index contributed by atoms with van der Waals surface area (Å²) in [6, 6.07) is 0. The molecule has 7 nitrogen and oxygen atoms in total. The molecule has 2 amide bonds. The topological polar surface area (TPSA) is 82.7 Å². The van der Waals surface area contributed by atoms with E-state index in [0.29, 0.717) is 48.7 Å². The molecule has 1 aliphatic carbocycles. The third-order valence-electron chi connectivity index (χ3n) is 5.78. The van der Waals surface area contributed by atoms with Crippen LogP contribution in [0.5, 0.6) is 0 Å². The summed E-state index contributed by atoms with van der Waals surface area (Å²) in [7, 11) is 0. The smallest absolute Gasteiger partial charge is 0.340 e. The van der Waals surface area contributed by atoms with E-state index in [9.17, 15) is 14.4 Å². The van der Waals surface area contributed by atoms with Gasteiger partial charge in [-0.15, -0.1) is 0 Å². The van der Waals surface area contributed by atoms with Crippen LogP contribution < -0.4 is 0 Å². The van der Waals surface area contributed by atoms with Gasteiger partial charge in [0.25, 0.3) is 5.91 Å². The third kappa shape index (κ3) is 4.08. The maximum atomic E-state index is 13.0. The Morgan fingerprint density at radius 3 is 2.14 bits per heavy atom. The second-order valence-electron chi connectivity index (χ2n) is 8.18. The Morgan fingerprint density at radius 2 is 1.57 bits per heavy atom. The SMILES string of the molecule is Cc1[nH]c(C(=O)N2CCN(C(=O)C3CCCC3)CC2)c(C)c1C(=O)OC(C)C. The number of amides is 2. The molecule has 0 aromatic carbocycles. The average molecular weight is 389 g/mol. The number of hydrogen-bond acceptors (Lipinski definition) is 4. The minimum absolute atomic E-state index is 0.128. The minimum Gasteiger partial charge on any atom is -0.459 e. The summed E-state index contributed by atoms with van der Waals surface area (Å²) < 4.78 is 5.30. The monoisotopic (exact) mass is 389 g/mol. The highest BCUT2D eigenvalue weighted by atomic mass is 16.5. The summed E-state index contributed by atoms with van der Waals surface area (Å²) in [5.41, 5.74) is 2.13. The molecule has 1 saturated carbocycles. The first kappa shape index (κ1) is 20.4. The number of carbonyl (C=O) groups is 3. The summed E-state index contributed by atoms with van der Waals surface area (Å²) in [6.07, 6.45) is 4.05. The fourth-order valence-corrected chi connectivity index (χ4v) is 4.26. The number of ether oxygens (including phenoxy) is 1. The normalized spacial score (nSPS) is 18.0. The van der Waals surface area contributed by atoms with Crippen LogP contribution in [0.2, 0.25) is 0 Å². The van der Waals surface area contributed by atoms with Crippen LogP contribution in [-0.4, -0.2) is 64.9 Å². The molecule has 0 spiro atoms. The van der Waals surface area contributed by atoms with Crippen molar-refractivity contribution in [1.29, 1.82) is 0 Å². The molecule has 28 heavy (non-hydrogen) atoms. The first-order chi connectivity index (χ1) is 13.3. The van der Waals surface area contributed by atoms with E-state index in [4.69, 9.17) is 4.74 Å². The zero-order chi connectivity index (χ0) is 20.4. The molecule has 0 bridgehead atoms. The number of piperazine rings is 1. The van der Waals surface area contributed by atoms with Crippen LogP contribution in [0.4, 0.5) is 0 Å². The van der Waals surface area contributed by atoms with Gasteiger partial charge in [-0.1, -0.05) is 12.8 Å². The molecule has 1 saturated heterocycles. The minimum atomic E-state index is -0.410. The largest absolute Gasteiger partial charge is 0.459 e. The number of H-pyrrole nitrogens is 1. The molecule has 0 unspecified atom stereocenters. The molecular formula is C21H31N3O4. The van der Waals surface area contributed by atoms with Gasteiger partial charge in [0.1, 0.15) is 5.69 Å². The van der Waals surface area contributed by atoms with Crippen LogP contribution >= 0.6 is 0 Å². The quantitative estimate of drug-likeness (QED) is 0.803. The van der Waals surface area contributed by atoms with Gasteiger partial charge in [-0.25, -0.2) is 4.79 Å². The number of aryl methyl sites for hydroxylation is 1. The van der Waals surface area contributed by atoms with Crippen molar-refractivity contribution in [3.63, 3.8) is 0 Å². The molecule has 1 aliphatic heterocycles.